The van der Waals surface area contributed by atoms with Crippen LogP contribution in [0.25, 0.3) is 0 Å². The van der Waals surface area contributed by atoms with Gasteiger partial charge in [0.15, 0.2) is 0 Å². The number of methoxy groups -OCH3 is 1. The molecule has 0 aliphatic heterocycles. The van der Waals surface area contributed by atoms with E-state index in [4.69, 9.17) is 15.2 Å². The normalized spacial score (nSPS) is 13.8. The summed E-state index contributed by atoms with van der Waals surface area (Å²) < 4.78 is 10.2. The summed E-state index contributed by atoms with van der Waals surface area (Å²) in [6, 6.07) is 7.31. The summed E-state index contributed by atoms with van der Waals surface area (Å²) in [7, 11) is 1.35. The van der Waals surface area contributed by atoms with Gasteiger partial charge in [-0.1, -0.05) is 19.1 Å². The quantitative estimate of drug-likeness (QED) is 0.646. The molecule has 0 spiro atoms. The van der Waals surface area contributed by atoms with Crippen LogP contribution in [0.5, 0.6) is 5.75 Å². The van der Waals surface area contributed by atoms with Crippen LogP contribution < -0.4 is 15.8 Å². The van der Waals surface area contributed by atoms with Crippen molar-refractivity contribution in [3.05, 3.63) is 29.8 Å². The lowest BCUT2D eigenvalue weighted by Crippen LogP contribution is -2.42. The Morgan fingerprint density at radius 1 is 1.20 bits per heavy atom. The van der Waals surface area contributed by atoms with Crippen molar-refractivity contribution in [1.82, 2.24) is 5.32 Å². The second-order valence-electron chi connectivity index (χ2n) is 5.89. The van der Waals surface area contributed by atoms with Gasteiger partial charge in [-0.05, 0) is 38.0 Å². The largest absolute Gasteiger partial charge is 0.494 e. The van der Waals surface area contributed by atoms with Crippen LogP contribution in [0.15, 0.2) is 24.3 Å². The molecule has 7 heteroatoms. The van der Waals surface area contributed by atoms with E-state index >= 15 is 0 Å². The number of ether oxygens (including phenoxy) is 2. The van der Waals surface area contributed by atoms with Gasteiger partial charge >= 0.3 is 5.97 Å². The van der Waals surface area contributed by atoms with Gasteiger partial charge in [-0.2, -0.15) is 0 Å². The molecule has 0 radical (unpaired) electrons. The molecule has 142 valence electrons. The van der Waals surface area contributed by atoms with Crippen molar-refractivity contribution < 1.29 is 19.1 Å². The predicted molar refractivity (Wildman–Crippen MR) is 99.9 cm³/mol. The number of amides is 1. The van der Waals surface area contributed by atoms with Gasteiger partial charge in [-0.15, -0.1) is 12.4 Å². The number of esters is 1. The summed E-state index contributed by atoms with van der Waals surface area (Å²) in [5.41, 5.74) is 6.70. The number of nitrogens with two attached hydrogens (primary N) is 1. The number of benzene rings is 1. The number of nitrogens with one attached hydrogen (secondary N) is 1. The third kappa shape index (κ3) is 7.75. The molecule has 0 fully saturated rings. The molecular weight excluding hydrogens is 344 g/mol. The standard InChI is InChI=1S/C18H28N2O4.ClH/c1-5-24-16-8-6-14(7-9-16)10-15(18(22)23-4)11-20-17(21)12(2)13(3)19;/h6-9,12-13,15H,5,10-11,19H2,1-4H3,(H,20,21);1H. The van der Waals surface area contributed by atoms with Crippen molar-refractivity contribution in [2.24, 2.45) is 17.6 Å². The fraction of sp³-hybridized carbons (Fsp3) is 0.556. The third-order valence-corrected chi connectivity index (χ3v) is 3.98. The summed E-state index contributed by atoms with van der Waals surface area (Å²) in [5, 5.41) is 2.79. The molecular formula is C18H29ClN2O4. The first-order valence-corrected chi connectivity index (χ1v) is 8.21. The molecule has 0 saturated carbocycles. The molecule has 0 heterocycles. The van der Waals surface area contributed by atoms with E-state index in [0.29, 0.717) is 13.0 Å². The highest BCUT2D eigenvalue weighted by molar-refractivity contribution is 5.85. The first-order valence-electron chi connectivity index (χ1n) is 8.21. The van der Waals surface area contributed by atoms with Crippen LogP contribution in [-0.2, 0) is 20.7 Å². The lowest BCUT2D eigenvalue weighted by atomic mass is 9.98. The number of halogens is 1. The van der Waals surface area contributed by atoms with Gasteiger partial charge in [-0.25, -0.2) is 0 Å². The molecule has 3 unspecified atom stereocenters. The Balaban J connectivity index is 0.00000576. The minimum Gasteiger partial charge on any atom is -0.494 e. The maximum absolute atomic E-state index is 12.0. The molecule has 25 heavy (non-hydrogen) atoms. The molecule has 0 aromatic heterocycles. The van der Waals surface area contributed by atoms with E-state index in [1.54, 1.807) is 13.8 Å². The average Bonchev–Trinajstić information content (AvgIpc) is 2.58. The minimum absolute atomic E-state index is 0. The van der Waals surface area contributed by atoms with E-state index in [9.17, 15) is 9.59 Å². The molecule has 0 saturated heterocycles. The second-order valence-corrected chi connectivity index (χ2v) is 5.89. The van der Waals surface area contributed by atoms with Gasteiger partial charge < -0.3 is 20.5 Å². The molecule has 1 aromatic rings. The van der Waals surface area contributed by atoms with E-state index in [1.807, 2.05) is 31.2 Å². The second kappa shape index (κ2) is 11.7. The third-order valence-electron chi connectivity index (χ3n) is 3.98. The van der Waals surface area contributed by atoms with Gasteiger partial charge in [0.25, 0.3) is 0 Å². The molecule has 3 N–H and O–H groups in total. The van der Waals surface area contributed by atoms with E-state index in [1.165, 1.54) is 7.11 Å². The molecule has 1 rings (SSSR count). The van der Waals surface area contributed by atoms with Crippen LogP contribution in [0.1, 0.15) is 26.3 Å². The van der Waals surface area contributed by atoms with E-state index in [2.05, 4.69) is 5.32 Å². The molecule has 6 nitrogen and oxygen atoms in total. The van der Waals surface area contributed by atoms with Crippen LogP contribution in [0.2, 0.25) is 0 Å². The molecule has 3 atom stereocenters. The Bertz CT molecular complexity index is 534. The summed E-state index contributed by atoms with van der Waals surface area (Å²) in [4.78, 5) is 24.0. The highest BCUT2D eigenvalue weighted by atomic mass is 35.5. The SMILES string of the molecule is CCOc1ccc(CC(CNC(=O)C(C)C(C)N)C(=O)OC)cc1.Cl. The first-order chi connectivity index (χ1) is 11.4. The van der Waals surface area contributed by atoms with Crippen LogP contribution in [0, 0.1) is 11.8 Å². The zero-order valence-corrected chi connectivity index (χ0v) is 16.1. The number of carbonyl (C=O) groups is 2. The van der Waals surface area contributed by atoms with Crippen LogP contribution >= 0.6 is 12.4 Å². The van der Waals surface area contributed by atoms with Crippen LogP contribution in [-0.4, -0.2) is 38.2 Å². The molecule has 1 amide bonds. The first kappa shape index (κ1) is 23.2. The monoisotopic (exact) mass is 372 g/mol. The van der Waals surface area contributed by atoms with Crippen molar-refractivity contribution in [2.45, 2.75) is 33.2 Å². The Kier molecular flexibility index (Phi) is 10.9. The predicted octanol–water partition coefficient (Wildman–Crippen LogP) is 1.94. The Morgan fingerprint density at radius 2 is 1.80 bits per heavy atom. The number of hydrogen-bond acceptors (Lipinski definition) is 5. The van der Waals surface area contributed by atoms with Crippen LogP contribution in [0.4, 0.5) is 0 Å². The maximum atomic E-state index is 12.0. The van der Waals surface area contributed by atoms with Crippen molar-refractivity contribution >= 4 is 24.3 Å². The molecule has 0 aliphatic carbocycles. The Labute approximate surface area is 155 Å². The zero-order valence-electron chi connectivity index (χ0n) is 15.3. The molecule has 1 aromatic carbocycles. The smallest absolute Gasteiger partial charge is 0.310 e. The van der Waals surface area contributed by atoms with Crippen molar-refractivity contribution in [3.8, 4) is 5.75 Å². The fourth-order valence-electron chi connectivity index (χ4n) is 2.20. The van der Waals surface area contributed by atoms with Gasteiger partial charge in [0.2, 0.25) is 5.91 Å². The lowest BCUT2D eigenvalue weighted by molar-refractivity contribution is -0.145. The van der Waals surface area contributed by atoms with E-state index in [0.717, 1.165) is 11.3 Å². The molecule has 0 aliphatic rings. The average molecular weight is 373 g/mol. The number of rotatable bonds is 9. The summed E-state index contributed by atoms with van der Waals surface area (Å²) in [6.45, 7) is 6.29. The van der Waals surface area contributed by atoms with Crippen molar-refractivity contribution in [2.75, 3.05) is 20.3 Å². The fourth-order valence-corrected chi connectivity index (χ4v) is 2.20. The minimum atomic E-state index is -0.447. The lowest BCUT2D eigenvalue weighted by Gasteiger charge is -2.19. The van der Waals surface area contributed by atoms with Gasteiger partial charge in [0, 0.05) is 18.5 Å². The zero-order chi connectivity index (χ0) is 18.1. The Hall–Kier alpha value is -1.79. The van der Waals surface area contributed by atoms with Crippen molar-refractivity contribution in [3.63, 3.8) is 0 Å². The van der Waals surface area contributed by atoms with Crippen LogP contribution in [0.3, 0.4) is 0 Å². The van der Waals surface area contributed by atoms with Crippen molar-refractivity contribution in [1.29, 1.82) is 0 Å². The number of carbonyl (C=O) groups excluding carboxylic acids is 2. The summed E-state index contributed by atoms with van der Waals surface area (Å²) in [6.07, 6.45) is 0.478. The highest BCUT2D eigenvalue weighted by Crippen LogP contribution is 2.16. The van der Waals surface area contributed by atoms with Gasteiger partial charge in [0.05, 0.1) is 19.6 Å². The van der Waals surface area contributed by atoms with E-state index in [-0.39, 0.29) is 42.8 Å². The van der Waals surface area contributed by atoms with E-state index < -0.39 is 5.92 Å². The van der Waals surface area contributed by atoms with Gasteiger partial charge in [-0.3, -0.25) is 9.59 Å². The number of hydrogen-bond donors (Lipinski definition) is 2. The Morgan fingerprint density at radius 3 is 2.28 bits per heavy atom. The highest BCUT2D eigenvalue weighted by Gasteiger charge is 2.23. The maximum Gasteiger partial charge on any atom is 0.310 e. The molecule has 0 bridgehead atoms. The van der Waals surface area contributed by atoms with Gasteiger partial charge in [0.1, 0.15) is 5.75 Å². The topological polar surface area (TPSA) is 90.6 Å². The summed E-state index contributed by atoms with van der Waals surface area (Å²) >= 11 is 0. The summed E-state index contributed by atoms with van der Waals surface area (Å²) in [5.74, 6) is -0.482.